The maximum atomic E-state index is 3.61. The lowest BCUT2D eigenvalue weighted by atomic mass is 9.91. The molecule has 0 saturated heterocycles. The topological polar surface area (TPSA) is 12.0 Å². The summed E-state index contributed by atoms with van der Waals surface area (Å²) in [6, 6.07) is 6.45. The Morgan fingerprint density at radius 1 is 1.43 bits per heavy atom. The van der Waals surface area contributed by atoms with E-state index < -0.39 is 0 Å². The standard InChI is InChI=1S/C12H14BrN/c1-14-8-9-4-2-6-11-10(9)5-3-7-12(11)13/h3-5,7,14H,2,6,8H2,1H3. The molecule has 1 aromatic carbocycles. The van der Waals surface area contributed by atoms with Crippen molar-refractivity contribution in [3.8, 4) is 0 Å². The monoisotopic (exact) mass is 251 g/mol. The molecule has 0 atom stereocenters. The number of allylic oxidation sites excluding steroid dienone is 1. The van der Waals surface area contributed by atoms with Gasteiger partial charge in [-0.2, -0.15) is 0 Å². The molecular weight excluding hydrogens is 238 g/mol. The fraction of sp³-hybridized carbons (Fsp3) is 0.333. The summed E-state index contributed by atoms with van der Waals surface area (Å²) in [5, 5.41) is 3.21. The quantitative estimate of drug-likeness (QED) is 0.853. The molecule has 0 unspecified atom stereocenters. The summed E-state index contributed by atoms with van der Waals surface area (Å²) in [4.78, 5) is 0. The number of benzene rings is 1. The normalized spacial score (nSPS) is 14.9. The van der Waals surface area contributed by atoms with Crippen LogP contribution in [0.25, 0.3) is 5.57 Å². The van der Waals surface area contributed by atoms with E-state index in [4.69, 9.17) is 0 Å². The molecule has 0 amide bonds. The Labute approximate surface area is 93.3 Å². The van der Waals surface area contributed by atoms with Gasteiger partial charge in [-0.3, -0.25) is 0 Å². The molecule has 0 fully saturated rings. The van der Waals surface area contributed by atoms with E-state index >= 15 is 0 Å². The molecule has 1 aromatic rings. The van der Waals surface area contributed by atoms with Gasteiger partial charge in [0.05, 0.1) is 0 Å². The number of hydrogen-bond acceptors (Lipinski definition) is 1. The van der Waals surface area contributed by atoms with Crippen LogP contribution < -0.4 is 5.32 Å². The van der Waals surface area contributed by atoms with Crippen LogP contribution in [0.1, 0.15) is 17.5 Å². The molecule has 14 heavy (non-hydrogen) atoms. The van der Waals surface area contributed by atoms with Crippen molar-refractivity contribution in [1.29, 1.82) is 0 Å². The molecule has 1 aliphatic carbocycles. The zero-order valence-corrected chi connectivity index (χ0v) is 9.89. The third-order valence-corrected chi connectivity index (χ3v) is 3.36. The van der Waals surface area contributed by atoms with Crippen molar-refractivity contribution in [3.05, 3.63) is 39.9 Å². The minimum absolute atomic E-state index is 0.962. The molecule has 0 saturated carbocycles. The van der Waals surface area contributed by atoms with Crippen molar-refractivity contribution in [2.45, 2.75) is 12.8 Å². The molecule has 1 nitrogen and oxygen atoms in total. The van der Waals surface area contributed by atoms with Crippen LogP contribution in [0.15, 0.2) is 28.7 Å². The van der Waals surface area contributed by atoms with Crippen molar-refractivity contribution in [2.75, 3.05) is 13.6 Å². The molecule has 0 radical (unpaired) electrons. The predicted octanol–water partition coefficient (Wildman–Crippen LogP) is 3.00. The Morgan fingerprint density at radius 3 is 3.07 bits per heavy atom. The second-order valence-electron chi connectivity index (χ2n) is 3.56. The highest BCUT2D eigenvalue weighted by Crippen LogP contribution is 2.31. The van der Waals surface area contributed by atoms with Gasteiger partial charge in [0.1, 0.15) is 0 Å². The third-order valence-electron chi connectivity index (χ3n) is 2.62. The molecule has 0 aromatic heterocycles. The summed E-state index contributed by atoms with van der Waals surface area (Å²) in [6.07, 6.45) is 4.65. The van der Waals surface area contributed by atoms with Crippen LogP contribution >= 0.6 is 15.9 Å². The molecule has 2 heteroatoms. The number of likely N-dealkylation sites (N-methyl/N-ethyl adjacent to an activating group) is 1. The summed E-state index contributed by atoms with van der Waals surface area (Å²) in [7, 11) is 1.99. The highest BCUT2D eigenvalue weighted by atomic mass is 79.9. The zero-order valence-electron chi connectivity index (χ0n) is 8.31. The first kappa shape index (κ1) is 9.94. The van der Waals surface area contributed by atoms with E-state index in [0.29, 0.717) is 0 Å². The van der Waals surface area contributed by atoms with Crippen LogP contribution in [-0.2, 0) is 6.42 Å². The van der Waals surface area contributed by atoms with E-state index in [1.54, 1.807) is 0 Å². The number of halogens is 1. The highest BCUT2D eigenvalue weighted by molar-refractivity contribution is 9.10. The molecule has 1 aliphatic rings. The second kappa shape index (κ2) is 4.28. The largest absolute Gasteiger partial charge is 0.316 e. The van der Waals surface area contributed by atoms with Crippen molar-refractivity contribution < 1.29 is 0 Å². The molecular formula is C12H14BrN. The van der Waals surface area contributed by atoms with Gasteiger partial charge in [-0.15, -0.1) is 0 Å². The highest BCUT2D eigenvalue weighted by Gasteiger charge is 2.13. The Balaban J connectivity index is 2.43. The molecule has 0 spiro atoms. The van der Waals surface area contributed by atoms with Crippen LogP contribution in [0.2, 0.25) is 0 Å². The van der Waals surface area contributed by atoms with E-state index in [1.165, 1.54) is 21.2 Å². The smallest absolute Gasteiger partial charge is 0.0213 e. The Hall–Kier alpha value is -0.600. The molecule has 1 N–H and O–H groups in total. The van der Waals surface area contributed by atoms with E-state index in [9.17, 15) is 0 Å². The molecule has 74 valence electrons. The average molecular weight is 252 g/mol. The lowest BCUT2D eigenvalue weighted by Gasteiger charge is -2.18. The van der Waals surface area contributed by atoms with Crippen molar-refractivity contribution in [1.82, 2.24) is 5.32 Å². The lowest BCUT2D eigenvalue weighted by molar-refractivity contribution is 0.899. The van der Waals surface area contributed by atoms with E-state index in [-0.39, 0.29) is 0 Å². The van der Waals surface area contributed by atoms with Crippen molar-refractivity contribution >= 4 is 21.5 Å². The first-order valence-corrected chi connectivity index (χ1v) is 5.73. The SMILES string of the molecule is CNCC1=CCCc2c(Br)cccc21. The minimum atomic E-state index is 0.962. The maximum Gasteiger partial charge on any atom is 0.0213 e. The number of hydrogen-bond donors (Lipinski definition) is 1. The third kappa shape index (κ3) is 1.77. The van der Waals surface area contributed by atoms with Crippen LogP contribution in [0.4, 0.5) is 0 Å². The second-order valence-corrected chi connectivity index (χ2v) is 4.42. The first-order valence-electron chi connectivity index (χ1n) is 4.94. The number of fused-ring (bicyclic) bond motifs is 1. The fourth-order valence-electron chi connectivity index (χ4n) is 1.97. The molecule has 0 bridgehead atoms. The maximum absolute atomic E-state index is 3.61. The summed E-state index contributed by atoms with van der Waals surface area (Å²) in [5.41, 5.74) is 4.29. The van der Waals surface area contributed by atoms with Crippen LogP contribution in [0, 0.1) is 0 Å². The Bertz CT molecular complexity index is 369. The van der Waals surface area contributed by atoms with Crippen molar-refractivity contribution in [2.24, 2.45) is 0 Å². The average Bonchev–Trinajstić information content (AvgIpc) is 2.20. The van der Waals surface area contributed by atoms with Crippen LogP contribution in [-0.4, -0.2) is 13.6 Å². The zero-order chi connectivity index (χ0) is 9.97. The molecule has 0 aliphatic heterocycles. The fourth-order valence-corrected chi connectivity index (χ4v) is 2.54. The van der Waals surface area contributed by atoms with Gasteiger partial charge < -0.3 is 5.32 Å². The first-order chi connectivity index (χ1) is 6.83. The summed E-state index contributed by atoms with van der Waals surface area (Å²) in [5.74, 6) is 0. The summed E-state index contributed by atoms with van der Waals surface area (Å²) < 4.78 is 1.25. The van der Waals surface area contributed by atoms with E-state index in [0.717, 1.165) is 19.4 Å². The van der Waals surface area contributed by atoms with Gasteiger partial charge in [0.25, 0.3) is 0 Å². The Morgan fingerprint density at radius 2 is 2.29 bits per heavy atom. The van der Waals surface area contributed by atoms with Crippen molar-refractivity contribution in [3.63, 3.8) is 0 Å². The van der Waals surface area contributed by atoms with Gasteiger partial charge in [-0.05, 0) is 42.7 Å². The number of rotatable bonds is 2. The van der Waals surface area contributed by atoms with Gasteiger partial charge in [0.2, 0.25) is 0 Å². The van der Waals surface area contributed by atoms with E-state index in [1.807, 2.05) is 7.05 Å². The van der Waals surface area contributed by atoms with Crippen LogP contribution in [0.5, 0.6) is 0 Å². The van der Waals surface area contributed by atoms with Gasteiger partial charge in [0, 0.05) is 11.0 Å². The van der Waals surface area contributed by atoms with Crippen LogP contribution in [0.3, 0.4) is 0 Å². The summed E-state index contributed by atoms with van der Waals surface area (Å²) in [6.45, 7) is 0.962. The molecule has 2 rings (SSSR count). The minimum Gasteiger partial charge on any atom is -0.316 e. The lowest BCUT2D eigenvalue weighted by Crippen LogP contribution is -2.13. The Kier molecular flexibility index (Phi) is 3.04. The van der Waals surface area contributed by atoms with Gasteiger partial charge >= 0.3 is 0 Å². The molecule has 0 heterocycles. The summed E-state index contributed by atoms with van der Waals surface area (Å²) >= 11 is 3.61. The van der Waals surface area contributed by atoms with Gasteiger partial charge in [-0.1, -0.05) is 34.1 Å². The van der Waals surface area contributed by atoms with E-state index in [2.05, 4.69) is 45.5 Å². The predicted molar refractivity (Wildman–Crippen MR) is 64.4 cm³/mol. The van der Waals surface area contributed by atoms with Gasteiger partial charge in [0.15, 0.2) is 0 Å². The van der Waals surface area contributed by atoms with Gasteiger partial charge in [-0.25, -0.2) is 0 Å². The number of nitrogens with one attached hydrogen (secondary N) is 1.